The van der Waals surface area contributed by atoms with Gasteiger partial charge in [0.1, 0.15) is 0 Å². The molecule has 2 nitrogen and oxygen atoms in total. The summed E-state index contributed by atoms with van der Waals surface area (Å²) < 4.78 is 0. The molecular weight excluding hydrogens is 270 g/mol. The topological polar surface area (TPSA) is 40.9 Å². The molecule has 2 heteroatoms. The Hall–Kier alpha value is -2.66. The number of rotatable bonds is 5. The van der Waals surface area contributed by atoms with Crippen molar-refractivity contribution in [2.45, 2.75) is 20.3 Å². The molecule has 0 spiro atoms. The van der Waals surface area contributed by atoms with Crippen molar-refractivity contribution in [3.63, 3.8) is 0 Å². The van der Waals surface area contributed by atoms with E-state index in [1.165, 1.54) is 0 Å². The van der Waals surface area contributed by atoms with E-state index >= 15 is 0 Å². The van der Waals surface area contributed by atoms with E-state index in [0.29, 0.717) is 5.56 Å². The van der Waals surface area contributed by atoms with Gasteiger partial charge in [-0.15, -0.1) is 0 Å². The summed E-state index contributed by atoms with van der Waals surface area (Å²) in [5, 5.41) is 9.37. The van der Waals surface area contributed by atoms with Gasteiger partial charge >= 0.3 is 0 Å². The van der Waals surface area contributed by atoms with Gasteiger partial charge in [-0.1, -0.05) is 71.8 Å². The third-order valence-electron chi connectivity index (χ3n) is 3.66. The molecule has 1 atom stereocenters. The number of allylic oxidation sites excluding steroid dienone is 1. The van der Waals surface area contributed by atoms with Gasteiger partial charge in [0.15, 0.2) is 5.78 Å². The summed E-state index contributed by atoms with van der Waals surface area (Å²) in [6, 6.07) is 19.6. The summed E-state index contributed by atoms with van der Waals surface area (Å²) >= 11 is 0. The first-order valence-electron chi connectivity index (χ1n) is 7.33. The number of nitrogens with zero attached hydrogens (tertiary/aromatic N) is 1. The number of Topliss-reactive ketones (excluding diaryl/α,β-unsaturated/α-hetero) is 1. The van der Waals surface area contributed by atoms with E-state index in [-0.39, 0.29) is 12.2 Å². The Labute approximate surface area is 131 Å². The van der Waals surface area contributed by atoms with Crippen LogP contribution in [0.1, 0.15) is 34.8 Å². The molecule has 0 bridgehead atoms. The van der Waals surface area contributed by atoms with Gasteiger partial charge in [0.2, 0.25) is 0 Å². The van der Waals surface area contributed by atoms with E-state index in [4.69, 9.17) is 0 Å². The zero-order chi connectivity index (χ0) is 15.9. The SMILES string of the molecule is C/C(=C\c1ccccc1)C(C#N)CC(=O)c1ccc(C)cc1. The molecular formula is C20H19NO. The Morgan fingerprint density at radius 2 is 1.77 bits per heavy atom. The molecule has 1 unspecified atom stereocenters. The molecule has 0 fully saturated rings. The average Bonchev–Trinajstić information content (AvgIpc) is 2.53. The molecule has 0 aromatic heterocycles. The molecule has 2 rings (SSSR count). The number of nitriles is 1. The molecule has 0 N–H and O–H groups in total. The Balaban J connectivity index is 2.12. The molecule has 0 amide bonds. The first-order valence-corrected chi connectivity index (χ1v) is 7.33. The van der Waals surface area contributed by atoms with Crippen LogP contribution in [0.4, 0.5) is 0 Å². The van der Waals surface area contributed by atoms with Crippen molar-refractivity contribution in [3.8, 4) is 6.07 Å². The lowest BCUT2D eigenvalue weighted by molar-refractivity contribution is 0.0974. The number of ketones is 1. The molecule has 0 aliphatic rings. The molecule has 0 aliphatic heterocycles. The molecule has 110 valence electrons. The van der Waals surface area contributed by atoms with Crippen molar-refractivity contribution in [2.75, 3.05) is 0 Å². The Morgan fingerprint density at radius 1 is 1.14 bits per heavy atom. The molecule has 2 aromatic rings. The highest BCUT2D eigenvalue weighted by atomic mass is 16.1. The monoisotopic (exact) mass is 289 g/mol. The van der Waals surface area contributed by atoms with Crippen LogP contribution in [0, 0.1) is 24.2 Å². The van der Waals surface area contributed by atoms with Gasteiger partial charge in [0.25, 0.3) is 0 Å². The maximum Gasteiger partial charge on any atom is 0.164 e. The largest absolute Gasteiger partial charge is 0.294 e. The number of aryl methyl sites for hydroxylation is 1. The fourth-order valence-corrected chi connectivity index (χ4v) is 2.26. The van der Waals surface area contributed by atoms with Gasteiger partial charge in [-0.25, -0.2) is 0 Å². The van der Waals surface area contributed by atoms with Crippen molar-refractivity contribution < 1.29 is 4.79 Å². The normalized spacial score (nSPS) is 12.5. The third-order valence-corrected chi connectivity index (χ3v) is 3.66. The zero-order valence-corrected chi connectivity index (χ0v) is 12.9. The van der Waals surface area contributed by atoms with Crippen molar-refractivity contribution in [1.82, 2.24) is 0 Å². The second-order valence-corrected chi connectivity index (χ2v) is 5.47. The van der Waals surface area contributed by atoms with Gasteiger partial charge in [-0.2, -0.15) is 5.26 Å². The Bertz CT molecular complexity index is 706. The van der Waals surface area contributed by atoms with Crippen LogP contribution in [0.3, 0.4) is 0 Å². The maximum atomic E-state index is 12.3. The molecule has 22 heavy (non-hydrogen) atoms. The lowest BCUT2D eigenvalue weighted by Gasteiger charge is -2.09. The fourth-order valence-electron chi connectivity index (χ4n) is 2.26. The number of hydrogen-bond donors (Lipinski definition) is 0. The summed E-state index contributed by atoms with van der Waals surface area (Å²) in [6.45, 7) is 3.89. The second-order valence-electron chi connectivity index (χ2n) is 5.47. The van der Waals surface area contributed by atoms with E-state index in [2.05, 4.69) is 6.07 Å². The smallest absolute Gasteiger partial charge is 0.164 e. The van der Waals surface area contributed by atoms with Crippen LogP contribution in [0.25, 0.3) is 6.08 Å². The van der Waals surface area contributed by atoms with E-state index < -0.39 is 5.92 Å². The van der Waals surface area contributed by atoms with Crippen LogP contribution >= 0.6 is 0 Å². The predicted molar refractivity (Wildman–Crippen MR) is 89.3 cm³/mol. The fraction of sp³-hybridized carbons (Fsp3) is 0.200. The second kappa shape index (κ2) is 7.38. The Morgan fingerprint density at radius 3 is 2.36 bits per heavy atom. The predicted octanol–water partition coefficient (Wildman–Crippen LogP) is 4.81. The zero-order valence-electron chi connectivity index (χ0n) is 12.9. The van der Waals surface area contributed by atoms with Gasteiger partial charge in [0.05, 0.1) is 12.0 Å². The van der Waals surface area contributed by atoms with E-state index in [0.717, 1.165) is 16.7 Å². The summed E-state index contributed by atoms with van der Waals surface area (Å²) in [5.41, 5.74) is 3.74. The molecule has 0 radical (unpaired) electrons. The van der Waals surface area contributed by atoms with Crippen LogP contribution in [0.2, 0.25) is 0 Å². The molecule has 0 saturated heterocycles. The number of carbonyl (C=O) groups excluding carboxylic acids is 1. The lowest BCUT2D eigenvalue weighted by Crippen LogP contribution is -2.08. The van der Waals surface area contributed by atoms with Crippen LogP contribution in [0.15, 0.2) is 60.2 Å². The highest BCUT2D eigenvalue weighted by Gasteiger charge is 2.16. The third kappa shape index (κ3) is 4.17. The van der Waals surface area contributed by atoms with E-state index in [1.54, 1.807) is 0 Å². The number of carbonyl (C=O) groups is 1. The first kappa shape index (κ1) is 15.7. The van der Waals surface area contributed by atoms with Crippen molar-refractivity contribution >= 4 is 11.9 Å². The summed E-state index contributed by atoms with van der Waals surface area (Å²) in [7, 11) is 0. The van der Waals surface area contributed by atoms with Crippen LogP contribution in [-0.4, -0.2) is 5.78 Å². The summed E-state index contributed by atoms with van der Waals surface area (Å²) in [5.74, 6) is -0.388. The van der Waals surface area contributed by atoms with Gasteiger partial charge < -0.3 is 0 Å². The van der Waals surface area contributed by atoms with Crippen LogP contribution in [0.5, 0.6) is 0 Å². The van der Waals surface area contributed by atoms with Crippen molar-refractivity contribution in [3.05, 3.63) is 76.9 Å². The lowest BCUT2D eigenvalue weighted by atomic mass is 9.92. The summed E-state index contributed by atoms with van der Waals surface area (Å²) in [4.78, 5) is 12.3. The highest BCUT2D eigenvalue weighted by molar-refractivity contribution is 5.96. The first-order chi connectivity index (χ1) is 10.6. The minimum absolute atomic E-state index is 0.00682. The minimum atomic E-state index is -0.394. The van der Waals surface area contributed by atoms with Gasteiger partial charge in [-0.3, -0.25) is 4.79 Å². The molecule has 0 heterocycles. The van der Waals surface area contributed by atoms with Crippen molar-refractivity contribution in [1.29, 1.82) is 5.26 Å². The van der Waals surface area contributed by atoms with Crippen LogP contribution < -0.4 is 0 Å². The Kier molecular flexibility index (Phi) is 5.27. The van der Waals surface area contributed by atoms with Gasteiger partial charge in [-0.05, 0) is 19.4 Å². The van der Waals surface area contributed by atoms with Gasteiger partial charge in [0, 0.05) is 12.0 Å². The molecule has 2 aromatic carbocycles. The number of benzene rings is 2. The summed E-state index contributed by atoms with van der Waals surface area (Å²) in [6.07, 6.45) is 2.19. The van der Waals surface area contributed by atoms with Crippen LogP contribution in [-0.2, 0) is 0 Å². The average molecular weight is 289 g/mol. The van der Waals surface area contributed by atoms with E-state index in [9.17, 15) is 10.1 Å². The highest BCUT2D eigenvalue weighted by Crippen LogP contribution is 2.20. The quantitative estimate of drug-likeness (QED) is 0.741. The molecule has 0 aliphatic carbocycles. The maximum absolute atomic E-state index is 12.3. The van der Waals surface area contributed by atoms with Crippen molar-refractivity contribution in [2.24, 2.45) is 5.92 Å². The standard InChI is InChI=1S/C20H19NO/c1-15-8-10-18(11-9-15)20(22)13-19(14-21)16(2)12-17-6-4-3-5-7-17/h3-12,19H,13H2,1-2H3/b16-12+. The minimum Gasteiger partial charge on any atom is -0.294 e. The number of hydrogen-bond acceptors (Lipinski definition) is 2. The van der Waals surface area contributed by atoms with E-state index in [1.807, 2.05) is 74.5 Å². The molecule has 0 saturated carbocycles.